The van der Waals surface area contributed by atoms with Gasteiger partial charge >= 0.3 is 0 Å². The van der Waals surface area contributed by atoms with Gasteiger partial charge in [0.05, 0.1) is 18.6 Å². The number of nitrogens with one attached hydrogen (secondary N) is 3. The molecule has 0 bridgehead atoms. The molecule has 1 aliphatic heterocycles. The lowest BCUT2D eigenvalue weighted by molar-refractivity contribution is -0.116. The lowest BCUT2D eigenvalue weighted by Gasteiger charge is -2.24. The van der Waals surface area contributed by atoms with Crippen LogP contribution in [-0.4, -0.2) is 64.7 Å². The van der Waals surface area contributed by atoms with Gasteiger partial charge in [0.15, 0.2) is 0 Å². The zero-order chi connectivity index (χ0) is 26.0. The largest absolute Gasteiger partial charge is 0.497 e. The number of fused-ring (bicyclic) bond motifs is 1. The molecule has 0 aromatic heterocycles. The summed E-state index contributed by atoms with van der Waals surface area (Å²) in [4.78, 5) is 11.8. The Bertz CT molecular complexity index is 1110. The quantitative estimate of drug-likeness (QED) is 0.263. The van der Waals surface area contributed by atoms with E-state index in [2.05, 4.69) is 15.4 Å². The Balaban J connectivity index is 1.54. The third kappa shape index (κ3) is 8.28. The molecular weight excluding hydrogens is 486 g/mol. The van der Waals surface area contributed by atoms with Gasteiger partial charge in [-0.25, -0.2) is 8.42 Å². The number of aliphatic hydroxyl groups is 1. The smallest absolute Gasteiger partial charge is 0.232 e. The number of hydrogen-bond donors (Lipinski definition) is 4. The maximum absolute atomic E-state index is 12.5. The van der Waals surface area contributed by atoms with E-state index in [0.29, 0.717) is 48.7 Å². The average Bonchev–Trinajstić information content (AvgIpc) is 2.86. The lowest BCUT2D eigenvalue weighted by atomic mass is 10.0. The lowest BCUT2D eigenvalue weighted by Crippen LogP contribution is -2.34. The Morgan fingerprint density at radius 2 is 1.83 bits per heavy atom. The molecule has 3 rings (SSSR count). The van der Waals surface area contributed by atoms with E-state index in [1.54, 1.807) is 19.2 Å². The summed E-state index contributed by atoms with van der Waals surface area (Å²) in [5, 5.41) is 16.3. The molecule has 0 fully saturated rings. The summed E-state index contributed by atoms with van der Waals surface area (Å²) in [6.45, 7) is 3.05. The van der Waals surface area contributed by atoms with Crippen molar-refractivity contribution < 1.29 is 32.5 Å². The number of anilines is 2. The topological polar surface area (TPSA) is 135 Å². The molecule has 1 unspecified atom stereocenters. The van der Waals surface area contributed by atoms with Gasteiger partial charge in [-0.2, -0.15) is 0 Å². The van der Waals surface area contributed by atoms with Gasteiger partial charge in [-0.1, -0.05) is 13.3 Å². The minimum absolute atomic E-state index is 0.00189. The molecule has 2 aromatic rings. The van der Waals surface area contributed by atoms with Crippen LogP contribution in [0.3, 0.4) is 0 Å². The third-order valence-corrected chi connectivity index (χ3v) is 6.93. The summed E-state index contributed by atoms with van der Waals surface area (Å²) in [5.41, 5.74) is 1.59. The minimum atomic E-state index is -3.56. The van der Waals surface area contributed by atoms with Crippen molar-refractivity contribution >= 4 is 27.3 Å². The van der Waals surface area contributed by atoms with E-state index >= 15 is 0 Å². The van der Waals surface area contributed by atoms with Crippen LogP contribution in [0.5, 0.6) is 17.2 Å². The number of methoxy groups -OCH3 is 1. The number of amides is 1. The van der Waals surface area contributed by atoms with Crippen molar-refractivity contribution in [3.05, 3.63) is 42.0 Å². The van der Waals surface area contributed by atoms with E-state index in [1.807, 2.05) is 31.2 Å². The maximum atomic E-state index is 12.5. The highest BCUT2D eigenvalue weighted by Crippen LogP contribution is 2.38. The van der Waals surface area contributed by atoms with E-state index < -0.39 is 16.1 Å². The fraction of sp³-hybridized carbons (Fsp3) is 0.480. The normalized spacial score (nSPS) is 13.9. The average molecular weight is 522 g/mol. The molecule has 0 aliphatic carbocycles. The zero-order valence-electron chi connectivity index (χ0n) is 20.7. The van der Waals surface area contributed by atoms with Crippen LogP contribution < -0.4 is 29.6 Å². The van der Waals surface area contributed by atoms with Crippen LogP contribution in [0.25, 0.3) is 0 Å². The van der Waals surface area contributed by atoms with Crippen molar-refractivity contribution in [1.29, 1.82) is 0 Å². The van der Waals surface area contributed by atoms with Gasteiger partial charge in [0.1, 0.15) is 36.6 Å². The van der Waals surface area contributed by atoms with Crippen LogP contribution in [0.1, 0.15) is 31.7 Å². The first-order valence-corrected chi connectivity index (χ1v) is 13.7. The Morgan fingerprint density at radius 3 is 2.56 bits per heavy atom. The van der Waals surface area contributed by atoms with Crippen molar-refractivity contribution in [2.45, 2.75) is 38.7 Å². The molecule has 0 saturated heterocycles. The third-order valence-electron chi connectivity index (χ3n) is 5.58. The molecule has 4 N–H and O–H groups in total. The van der Waals surface area contributed by atoms with Crippen molar-refractivity contribution in [3.63, 3.8) is 0 Å². The second-order valence-corrected chi connectivity index (χ2v) is 10.3. The van der Waals surface area contributed by atoms with Crippen molar-refractivity contribution in [2.75, 3.05) is 49.2 Å². The Kier molecular flexibility index (Phi) is 10.2. The first kappa shape index (κ1) is 27.6. The molecular formula is C25H35N3O7S. The number of hydrogen-bond acceptors (Lipinski definition) is 8. The number of sulfonamides is 1. The second kappa shape index (κ2) is 13.3. The molecule has 10 nitrogen and oxygen atoms in total. The van der Waals surface area contributed by atoms with Crippen LogP contribution in [-0.2, 0) is 21.2 Å². The molecule has 0 saturated carbocycles. The highest BCUT2D eigenvalue weighted by molar-refractivity contribution is 7.92. The van der Waals surface area contributed by atoms with Crippen LogP contribution >= 0.6 is 0 Å². The molecule has 198 valence electrons. The van der Waals surface area contributed by atoms with E-state index in [4.69, 9.17) is 14.2 Å². The summed E-state index contributed by atoms with van der Waals surface area (Å²) < 4.78 is 44.3. The predicted molar refractivity (Wildman–Crippen MR) is 139 cm³/mol. The summed E-state index contributed by atoms with van der Waals surface area (Å²) in [5.74, 6) is 1.70. The fourth-order valence-electron chi connectivity index (χ4n) is 3.66. The van der Waals surface area contributed by atoms with Gasteiger partial charge in [0, 0.05) is 30.8 Å². The molecule has 0 spiro atoms. The highest BCUT2D eigenvalue weighted by atomic mass is 32.2. The van der Waals surface area contributed by atoms with E-state index in [9.17, 15) is 18.3 Å². The standard InChI is InChI=1S/C25H35N3O7S/c1-3-4-15-36(31,32)28-23-11-10-22-21(9-12-24(30)27-22)25(23)35-17-18(29)16-26-13-14-34-20-7-5-19(33-2)6-8-20/h5-8,10-11,18,26,28-29H,3-4,9,12-17H2,1-2H3,(H,27,30). The van der Waals surface area contributed by atoms with Gasteiger partial charge in [0.2, 0.25) is 15.9 Å². The van der Waals surface area contributed by atoms with Crippen molar-refractivity contribution in [1.82, 2.24) is 5.32 Å². The molecule has 1 heterocycles. The second-order valence-electron chi connectivity index (χ2n) is 8.48. The summed E-state index contributed by atoms with van der Waals surface area (Å²) >= 11 is 0. The number of unbranched alkanes of at least 4 members (excludes halogenated alkanes) is 1. The minimum Gasteiger partial charge on any atom is -0.497 e. The molecule has 11 heteroatoms. The number of carbonyl (C=O) groups excluding carboxylic acids is 1. The number of carbonyl (C=O) groups is 1. The summed E-state index contributed by atoms with van der Waals surface area (Å²) in [6.07, 6.45) is 1.14. The van der Waals surface area contributed by atoms with Crippen molar-refractivity contribution in [2.24, 2.45) is 0 Å². The SMILES string of the molecule is CCCCS(=O)(=O)Nc1ccc2c(c1OCC(O)CNCCOc1ccc(OC)cc1)CCC(=O)N2. The number of ether oxygens (including phenoxy) is 3. The van der Waals surface area contributed by atoms with Gasteiger partial charge in [-0.15, -0.1) is 0 Å². The Morgan fingerprint density at radius 1 is 1.08 bits per heavy atom. The summed E-state index contributed by atoms with van der Waals surface area (Å²) in [6, 6.07) is 10.5. The fourth-order valence-corrected chi connectivity index (χ4v) is 4.93. The first-order chi connectivity index (χ1) is 17.3. The molecule has 1 atom stereocenters. The van der Waals surface area contributed by atoms with E-state index in [1.165, 1.54) is 0 Å². The first-order valence-electron chi connectivity index (χ1n) is 12.1. The highest BCUT2D eigenvalue weighted by Gasteiger charge is 2.24. The van der Waals surface area contributed by atoms with Crippen LogP contribution in [0.4, 0.5) is 11.4 Å². The van der Waals surface area contributed by atoms with E-state index in [-0.39, 0.29) is 31.2 Å². The van der Waals surface area contributed by atoms with Crippen molar-refractivity contribution in [3.8, 4) is 17.2 Å². The maximum Gasteiger partial charge on any atom is 0.232 e. The van der Waals surface area contributed by atoms with Crippen LogP contribution in [0.15, 0.2) is 36.4 Å². The monoisotopic (exact) mass is 521 g/mol. The molecule has 1 aliphatic rings. The molecule has 0 radical (unpaired) electrons. The number of rotatable bonds is 15. The Labute approximate surface area is 212 Å². The zero-order valence-corrected chi connectivity index (χ0v) is 21.5. The van der Waals surface area contributed by atoms with Gasteiger partial charge in [-0.05, 0) is 49.2 Å². The number of aliphatic hydroxyl groups excluding tert-OH is 1. The number of benzene rings is 2. The van der Waals surface area contributed by atoms with Crippen LogP contribution in [0, 0.1) is 0 Å². The van der Waals surface area contributed by atoms with E-state index in [0.717, 1.165) is 17.9 Å². The van der Waals surface area contributed by atoms with Crippen LogP contribution in [0.2, 0.25) is 0 Å². The Hall–Kier alpha value is -3.02. The summed E-state index contributed by atoms with van der Waals surface area (Å²) in [7, 11) is -1.95. The predicted octanol–water partition coefficient (Wildman–Crippen LogP) is 2.53. The molecule has 36 heavy (non-hydrogen) atoms. The van der Waals surface area contributed by atoms with Gasteiger partial charge < -0.3 is 30.0 Å². The van der Waals surface area contributed by atoms with Gasteiger partial charge in [-0.3, -0.25) is 9.52 Å². The molecule has 1 amide bonds. The van der Waals surface area contributed by atoms with Gasteiger partial charge in [0.25, 0.3) is 0 Å². The molecule has 2 aromatic carbocycles.